The standard InChI is InChI=1S/C24H29N7O2/c1-3-31-12-16-10-15(4-5-18(16)28-31)17-11-26-21-20(17)22(32)29(2)23(27-21)30-8-6-24(7-9-30)14-33-13-19(24)25/h4-5,10-12,19,26H,3,6-9,13-14,25H2,1-2H3/t19-/m1/s1. The Hall–Kier alpha value is -3.17. The van der Waals surface area contributed by atoms with Crippen molar-refractivity contribution in [3.05, 3.63) is 40.9 Å². The number of nitrogens with two attached hydrogens (primary N) is 1. The normalized spacial score (nSPS) is 20.5. The minimum atomic E-state index is -0.0446. The Morgan fingerprint density at radius 3 is 2.85 bits per heavy atom. The van der Waals surface area contributed by atoms with E-state index in [1.807, 2.05) is 36.3 Å². The van der Waals surface area contributed by atoms with Crippen LogP contribution >= 0.6 is 0 Å². The fourth-order valence-corrected chi connectivity index (χ4v) is 5.41. The van der Waals surface area contributed by atoms with E-state index >= 15 is 0 Å². The zero-order valence-electron chi connectivity index (χ0n) is 19.0. The maximum absolute atomic E-state index is 13.5. The predicted molar refractivity (Wildman–Crippen MR) is 128 cm³/mol. The van der Waals surface area contributed by atoms with Crippen molar-refractivity contribution < 1.29 is 4.74 Å². The summed E-state index contributed by atoms with van der Waals surface area (Å²) in [5.74, 6) is 0.697. The lowest BCUT2D eigenvalue weighted by molar-refractivity contribution is 0.131. The molecule has 4 aromatic rings. The number of aromatic nitrogens is 5. The van der Waals surface area contributed by atoms with E-state index in [1.54, 1.807) is 4.57 Å². The highest BCUT2D eigenvalue weighted by atomic mass is 16.5. The molecule has 2 fully saturated rings. The van der Waals surface area contributed by atoms with Crippen molar-refractivity contribution in [2.75, 3.05) is 31.2 Å². The van der Waals surface area contributed by atoms with Crippen LogP contribution in [0.15, 0.2) is 35.4 Å². The van der Waals surface area contributed by atoms with Crippen molar-refractivity contribution in [2.45, 2.75) is 32.4 Å². The molecule has 9 nitrogen and oxygen atoms in total. The Labute approximate surface area is 191 Å². The summed E-state index contributed by atoms with van der Waals surface area (Å²) in [4.78, 5) is 23.8. The molecule has 172 valence electrons. The van der Waals surface area contributed by atoms with Gasteiger partial charge in [-0.1, -0.05) is 6.07 Å². The summed E-state index contributed by atoms with van der Waals surface area (Å²) in [7, 11) is 1.81. The van der Waals surface area contributed by atoms with Crippen molar-refractivity contribution in [1.29, 1.82) is 0 Å². The number of hydrogen-bond donors (Lipinski definition) is 2. The van der Waals surface area contributed by atoms with Gasteiger partial charge in [-0.15, -0.1) is 0 Å². The summed E-state index contributed by atoms with van der Waals surface area (Å²) in [6, 6.07) is 6.19. The topological polar surface area (TPSA) is 107 Å². The number of H-pyrrole nitrogens is 1. The highest BCUT2D eigenvalue weighted by molar-refractivity contribution is 5.96. The van der Waals surface area contributed by atoms with Crippen molar-refractivity contribution in [3.8, 4) is 11.1 Å². The molecule has 1 spiro atoms. The van der Waals surface area contributed by atoms with Gasteiger partial charge in [0.25, 0.3) is 5.56 Å². The van der Waals surface area contributed by atoms with Gasteiger partial charge in [0.15, 0.2) is 0 Å². The molecular weight excluding hydrogens is 418 g/mol. The molecule has 2 saturated heterocycles. The lowest BCUT2D eigenvalue weighted by atomic mass is 9.75. The van der Waals surface area contributed by atoms with Crippen LogP contribution in [0.4, 0.5) is 5.95 Å². The van der Waals surface area contributed by atoms with E-state index in [-0.39, 0.29) is 17.0 Å². The van der Waals surface area contributed by atoms with Gasteiger partial charge in [0.1, 0.15) is 5.65 Å². The molecule has 3 N–H and O–H groups in total. The SMILES string of the molecule is CCn1cc2cc(-c3c[nH]c4nc(N5CCC6(CC5)COC[C@H]6N)n(C)c(=O)c34)ccc2n1. The van der Waals surface area contributed by atoms with Crippen molar-refractivity contribution in [2.24, 2.45) is 18.2 Å². The van der Waals surface area contributed by atoms with E-state index in [0.29, 0.717) is 23.6 Å². The van der Waals surface area contributed by atoms with Crippen LogP contribution in [0.5, 0.6) is 0 Å². The summed E-state index contributed by atoms with van der Waals surface area (Å²) in [5, 5.41) is 6.22. The molecule has 0 bridgehead atoms. The molecule has 0 radical (unpaired) electrons. The third kappa shape index (κ3) is 3.10. The van der Waals surface area contributed by atoms with Gasteiger partial charge < -0.3 is 20.4 Å². The molecule has 6 rings (SSSR count). The monoisotopic (exact) mass is 447 g/mol. The first-order valence-electron chi connectivity index (χ1n) is 11.6. The molecule has 5 heterocycles. The third-order valence-corrected chi connectivity index (χ3v) is 7.59. The van der Waals surface area contributed by atoms with Gasteiger partial charge in [0, 0.05) is 61.5 Å². The third-order valence-electron chi connectivity index (χ3n) is 7.59. The molecule has 0 aliphatic carbocycles. The number of ether oxygens (including phenoxy) is 1. The number of nitrogens with zero attached hydrogens (tertiary/aromatic N) is 5. The Kier molecular flexibility index (Phi) is 4.60. The first-order chi connectivity index (χ1) is 16.0. The summed E-state index contributed by atoms with van der Waals surface area (Å²) >= 11 is 0. The van der Waals surface area contributed by atoms with E-state index in [0.717, 1.165) is 61.1 Å². The minimum absolute atomic E-state index is 0.0446. The largest absolute Gasteiger partial charge is 0.379 e. The molecule has 2 aliphatic heterocycles. The Morgan fingerprint density at radius 1 is 1.30 bits per heavy atom. The molecule has 9 heteroatoms. The Morgan fingerprint density at radius 2 is 2.12 bits per heavy atom. The maximum Gasteiger partial charge on any atom is 0.264 e. The van der Waals surface area contributed by atoms with Gasteiger partial charge in [0.05, 0.1) is 24.1 Å². The maximum atomic E-state index is 13.5. The molecule has 3 aromatic heterocycles. The second-order valence-electron chi connectivity index (χ2n) is 9.43. The van der Waals surface area contributed by atoms with Gasteiger partial charge >= 0.3 is 0 Å². The second kappa shape index (κ2) is 7.43. The Balaban J connectivity index is 1.36. The lowest BCUT2D eigenvalue weighted by Crippen LogP contribution is -2.50. The molecule has 0 saturated carbocycles. The zero-order chi connectivity index (χ0) is 22.7. The summed E-state index contributed by atoms with van der Waals surface area (Å²) in [6.07, 6.45) is 5.81. The fourth-order valence-electron chi connectivity index (χ4n) is 5.41. The number of nitrogens with one attached hydrogen (secondary N) is 1. The average Bonchev–Trinajstić information content (AvgIpc) is 3.53. The number of benzene rings is 1. The van der Waals surface area contributed by atoms with Crippen LogP contribution in [0.1, 0.15) is 19.8 Å². The van der Waals surface area contributed by atoms with Gasteiger partial charge in [-0.25, -0.2) is 0 Å². The van der Waals surface area contributed by atoms with Crippen molar-refractivity contribution in [1.82, 2.24) is 24.3 Å². The summed E-state index contributed by atoms with van der Waals surface area (Å²) < 4.78 is 9.24. The van der Waals surface area contributed by atoms with E-state index in [4.69, 9.17) is 15.5 Å². The van der Waals surface area contributed by atoms with Gasteiger partial charge in [-0.05, 0) is 37.5 Å². The fraction of sp³-hybridized carbons (Fsp3) is 0.458. The summed E-state index contributed by atoms with van der Waals surface area (Å²) in [6.45, 7) is 5.88. The predicted octanol–water partition coefficient (Wildman–Crippen LogP) is 2.24. The molecule has 1 atom stereocenters. The minimum Gasteiger partial charge on any atom is -0.379 e. The number of rotatable bonds is 3. The number of piperidine rings is 1. The van der Waals surface area contributed by atoms with Crippen LogP contribution in [0, 0.1) is 5.41 Å². The van der Waals surface area contributed by atoms with E-state index in [1.165, 1.54) is 0 Å². The molecule has 0 amide bonds. The van der Waals surface area contributed by atoms with Crippen LogP contribution in [-0.2, 0) is 18.3 Å². The molecule has 1 aromatic carbocycles. The number of anilines is 1. The molecule has 0 unspecified atom stereocenters. The Bertz CT molecular complexity index is 1410. The number of aryl methyl sites for hydroxylation is 1. The van der Waals surface area contributed by atoms with E-state index in [2.05, 4.69) is 28.0 Å². The van der Waals surface area contributed by atoms with Crippen molar-refractivity contribution in [3.63, 3.8) is 0 Å². The van der Waals surface area contributed by atoms with Crippen molar-refractivity contribution >= 4 is 27.9 Å². The van der Waals surface area contributed by atoms with E-state index in [9.17, 15) is 4.79 Å². The van der Waals surface area contributed by atoms with Gasteiger partial charge in [-0.3, -0.25) is 14.0 Å². The van der Waals surface area contributed by atoms with Crippen LogP contribution in [-0.4, -0.2) is 56.7 Å². The average molecular weight is 448 g/mol. The van der Waals surface area contributed by atoms with Gasteiger partial charge in [0.2, 0.25) is 5.95 Å². The first-order valence-corrected chi connectivity index (χ1v) is 11.6. The van der Waals surface area contributed by atoms with E-state index < -0.39 is 0 Å². The zero-order valence-corrected chi connectivity index (χ0v) is 19.0. The number of aromatic amines is 1. The molecule has 33 heavy (non-hydrogen) atoms. The molecule has 2 aliphatic rings. The highest BCUT2D eigenvalue weighted by Gasteiger charge is 2.44. The lowest BCUT2D eigenvalue weighted by Gasteiger charge is -2.41. The van der Waals surface area contributed by atoms with Crippen LogP contribution in [0.2, 0.25) is 0 Å². The quantitative estimate of drug-likeness (QED) is 0.499. The smallest absolute Gasteiger partial charge is 0.264 e. The number of hydrogen-bond acceptors (Lipinski definition) is 6. The molecular formula is C24H29N7O2. The van der Waals surface area contributed by atoms with Crippen LogP contribution < -0.4 is 16.2 Å². The second-order valence-corrected chi connectivity index (χ2v) is 9.43. The first kappa shape index (κ1) is 20.4. The van der Waals surface area contributed by atoms with Gasteiger partial charge in [-0.2, -0.15) is 10.1 Å². The van der Waals surface area contributed by atoms with Crippen LogP contribution in [0.25, 0.3) is 33.1 Å². The highest BCUT2D eigenvalue weighted by Crippen LogP contribution is 2.39. The summed E-state index contributed by atoms with van der Waals surface area (Å²) in [5.41, 5.74) is 9.76. The number of fused-ring (bicyclic) bond motifs is 2. The van der Waals surface area contributed by atoms with Crippen LogP contribution in [0.3, 0.4) is 0 Å².